The number of aryl methyl sites for hydroxylation is 1. The lowest BCUT2D eigenvalue weighted by molar-refractivity contribution is 0.100. The van der Waals surface area contributed by atoms with Crippen LogP contribution in [0, 0.1) is 11.8 Å². The minimum atomic E-state index is -2.35. The predicted molar refractivity (Wildman–Crippen MR) is 170 cm³/mol. The zero-order valence-corrected chi connectivity index (χ0v) is 24.0. The lowest BCUT2D eigenvalue weighted by atomic mass is 9.69. The number of halogens is 2. The first-order valence-corrected chi connectivity index (χ1v) is 15.2. The summed E-state index contributed by atoms with van der Waals surface area (Å²) in [4.78, 5) is 10.3. The van der Waals surface area contributed by atoms with E-state index in [1.165, 1.54) is 16.5 Å². The predicted octanol–water partition coefficient (Wildman–Crippen LogP) is 9.12. The van der Waals surface area contributed by atoms with E-state index in [9.17, 15) is 8.78 Å². The van der Waals surface area contributed by atoms with Gasteiger partial charge >= 0.3 is 0 Å². The molecule has 2 aliphatic heterocycles. The van der Waals surface area contributed by atoms with Crippen molar-refractivity contribution in [3.63, 3.8) is 0 Å². The summed E-state index contributed by atoms with van der Waals surface area (Å²) in [5.74, 6) is 0.575. The van der Waals surface area contributed by atoms with Gasteiger partial charge in [-0.05, 0) is 69.8 Å². The van der Waals surface area contributed by atoms with Gasteiger partial charge in [0, 0.05) is 17.4 Å². The van der Waals surface area contributed by atoms with Crippen molar-refractivity contribution in [2.45, 2.75) is 51.2 Å². The number of alkyl halides is 2. The fourth-order valence-electron chi connectivity index (χ4n) is 7.55. The number of nitrogens with zero attached hydrogens (tertiary/aromatic N) is 2. The molecule has 4 atom stereocenters. The number of hydrogen-bond acceptors (Lipinski definition) is 3. The van der Waals surface area contributed by atoms with Crippen molar-refractivity contribution < 1.29 is 13.5 Å². The van der Waals surface area contributed by atoms with E-state index < -0.39 is 12.3 Å². The highest BCUT2D eigenvalue weighted by molar-refractivity contribution is 6.35. The molecule has 0 N–H and O–H groups in total. The average Bonchev–Trinajstić information content (AvgIpc) is 3.44. The normalized spacial score (nSPS) is 23.6. The number of benzene rings is 4. The van der Waals surface area contributed by atoms with Gasteiger partial charge in [0.25, 0.3) is 0 Å². The zero-order valence-electron chi connectivity index (χ0n) is 24.0. The van der Waals surface area contributed by atoms with E-state index in [1.54, 1.807) is 6.08 Å². The quantitative estimate of drug-likeness (QED) is 0.236. The molecule has 0 fully saturated rings. The van der Waals surface area contributed by atoms with Crippen molar-refractivity contribution in [3.8, 4) is 0 Å². The number of aliphatic imine (C=N–C) groups is 2. The van der Waals surface area contributed by atoms with Crippen LogP contribution in [0.15, 0.2) is 101 Å². The topological polar surface area (TPSA) is 34.0 Å². The minimum absolute atomic E-state index is 0.137. The van der Waals surface area contributed by atoms with E-state index in [2.05, 4.69) is 61.5 Å². The molecular formula is C38H32F2N2O. The first kappa shape index (κ1) is 26.3. The summed E-state index contributed by atoms with van der Waals surface area (Å²) in [5.41, 5.74) is 9.91. The summed E-state index contributed by atoms with van der Waals surface area (Å²) in [6.45, 7) is 2.79. The van der Waals surface area contributed by atoms with Gasteiger partial charge in [-0.15, -0.1) is 0 Å². The first-order valence-electron chi connectivity index (χ1n) is 15.2. The van der Waals surface area contributed by atoms with Crippen molar-refractivity contribution >= 4 is 40.0 Å². The molecule has 0 saturated heterocycles. The Bertz CT molecular complexity index is 1870. The Kier molecular flexibility index (Phi) is 6.36. The number of hydrogen-bond donors (Lipinski definition) is 0. The van der Waals surface area contributed by atoms with E-state index in [4.69, 9.17) is 14.7 Å². The highest BCUT2D eigenvalue weighted by Gasteiger charge is 2.42. The molecule has 0 saturated carbocycles. The second kappa shape index (κ2) is 10.4. The summed E-state index contributed by atoms with van der Waals surface area (Å²) in [6.07, 6.45) is 5.48. The average molecular weight is 571 g/mol. The molecule has 0 aromatic heterocycles. The van der Waals surface area contributed by atoms with Gasteiger partial charge in [-0.1, -0.05) is 91.9 Å². The standard InChI is InChI=1S/C38H32F2N2O/c1-22-11-15-27-26-16-14-24-12-13-25(38(39)40)19-31(24)28(26)17-18-29(27)34(22)36-37-35(30-9-5-6-10-32(30)42-37)33(20-41-36)43-21-23-7-3-2-4-8-23/h2-10,12-14,16-18,20,22,25,34,36,38H,11,15,19,21H2,1H3. The molecule has 2 heterocycles. The highest BCUT2D eigenvalue weighted by atomic mass is 19.3. The summed E-state index contributed by atoms with van der Waals surface area (Å²) >= 11 is 0. The van der Waals surface area contributed by atoms with E-state index in [0.717, 1.165) is 63.2 Å². The SMILES string of the molecule is CC1CCc2c(ccc3c4c(ccc23)C=CC(C(F)F)C4)C1C1N=CC(OCc2ccccc2)=C2C1=Nc1ccccc12. The number of para-hydroxylation sites is 1. The molecule has 0 radical (unpaired) electrons. The van der Waals surface area contributed by atoms with Gasteiger partial charge in [-0.3, -0.25) is 4.99 Å². The van der Waals surface area contributed by atoms with Crippen LogP contribution in [0.3, 0.4) is 0 Å². The molecule has 4 aromatic rings. The molecule has 4 unspecified atom stereocenters. The van der Waals surface area contributed by atoms with Crippen molar-refractivity contribution in [1.82, 2.24) is 0 Å². The number of allylic oxidation sites excluding steroid dienone is 2. The third-order valence-electron chi connectivity index (χ3n) is 9.73. The summed E-state index contributed by atoms with van der Waals surface area (Å²) in [5, 5.41) is 2.30. The van der Waals surface area contributed by atoms with Gasteiger partial charge in [0.2, 0.25) is 6.43 Å². The van der Waals surface area contributed by atoms with Crippen LogP contribution in [0.2, 0.25) is 0 Å². The molecule has 214 valence electrons. The highest BCUT2D eigenvalue weighted by Crippen LogP contribution is 2.48. The third kappa shape index (κ3) is 4.36. The number of fused-ring (bicyclic) bond motifs is 8. The van der Waals surface area contributed by atoms with Crippen LogP contribution in [-0.4, -0.2) is 24.4 Å². The summed E-state index contributed by atoms with van der Waals surface area (Å²) in [6, 6.07) is 27.0. The molecule has 4 aromatic carbocycles. The molecule has 0 amide bonds. The minimum Gasteiger partial charge on any atom is -0.487 e. The molecule has 3 nitrogen and oxygen atoms in total. The smallest absolute Gasteiger partial charge is 0.245 e. The molecule has 5 heteroatoms. The molecular weight excluding hydrogens is 538 g/mol. The number of rotatable bonds is 5. The lowest BCUT2D eigenvalue weighted by Crippen LogP contribution is -2.36. The van der Waals surface area contributed by atoms with Crippen LogP contribution in [0.5, 0.6) is 0 Å². The molecule has 8 rings (SSSR count). The number of ether oxygens (including phenoxy) is 1. The Morgan fingerprint density at radius 2 is 1.70 bits per heavy atom. The van der Waals surface area contributed by atoms with Gasteiger partial charge < -0.3 is 4.74 Å². The Morgan fingerprint density at radius 3 is 2.56 bits per heavy atom. The van der Waals surface area contributed by atoms with Crippen molar-refractivity contribution in [1.29, 1.82) is 0 Å². The Hall–Kier alpha value is -4.38. The van der Waals surface area contributed by atoms with Crippen LogP contribution in [0.25, 0.3) is 22.4 Å². The maximum Gasteiger partial charge on any atom is 0.245 e. The largest absolute Gasteiger partial charge is 0.487 e. The fourth-order valence-corrected chi connectivity index (χ4v) is 7.55. The molecule has 0 spiro atoms. The van der Waals surface area contributed by atoms with Crippen LogP contribution in [0.4, 0.5) is 14.5 Å². The van der Waals surface area contributed by atoms with Crippen LogP contribution in [-0.2, 0) is 24.2 Å². The second-order valence-corrected chi connectivity index (χ2v) is 12.2. The molecule has 43 heavy (non-hydrogen) atoms. The molecule has 2 aliphatic carbocycles. The van der Waals surface area contributed by atoms with E-state index in [0.29, 0.717) is 18.9 Å². The monoisotopic (exact) mass is 570 g/mol. The van der Waals surface area contributed by atoms with E-state index >= 15 is 0 Å². The van der Waals surface area contributed by atoms with Gasteiger partial charge in [0.15, 0.2) is 0 Å². The van der Waals surface area contributed by atoms with Gasteiger partial charge in [-0.2, -0.15) is 0 Å². The van der Waals surface area contributed by atoms with E-state index in [1.807, 2.05) is 36.6 Å². The first-order chi connectivity index (χ1) is 21.1. The van der Waals surface area contributed by atoms with Gasteiger partial charge in [0.1, 0.15) is 12.4 Å². The van der Waals surface area contributed by atoms with Crippen molar-refractivity contribution in [3.05, 3.63) is 124 Å². The van der Waals surface area contributed by atoms with E-state index in [-0.39, 0.29) is 12.0 Å². The zero-order chi connectivity index (χ0) is 29.1. The Labute approximate surface area is 250 Å². The summed E-state index contributed by atoms with van der Waals surface area (Å²) in [7, 11) is 0. The second-order valence-electron chi connectivity index (χ2n) is 12.2. The fraction of sp³-hybridized carbons (Fsp3) is 0.263. The van der Waals surface area contributed by atoms with Crippen molar-refractivity contribution in [2.24, 2.45) is 21.8 Å². The molecule has 0 bridgehead atoms. The van der Waals surface area contributed by atoms with Crippen LogP contribution >= 0.6 is 0 Å². The molecule has 4 aliphatic rings. The number of dihydropyridines is 1. The summed E-state index contributed by atoms with van der Waals surface area (Å²) < 4.78 is 33.7. The maximum atomic E-state index is 13.7. The van der Waals surface area contributed by atoms with Gasteiger partial charge in [0.05, 0.1) is 29.2 Å². The maximum absolute atomic E-state index is 13.7. The van der Waals surface area contributed by atoms with Crippen molar-refractivity contribution in [2.75, 3.05) is 0 Å². The van der Waals surface area contributed by atoms with Gasteiger partial charge in [-0.25, -0.2) is 13.8 Å². The van der Waals surface area contributed by atoms with Crippen LogP contribution in [0.1, 0.15) is 52.6 Å². The Morgan fingerprint density at radius 1 is 0.907 bits per heavy atom. The lowest BCUT2D eigenvalue weighted by Gasteiger charge is -2.37. The third-order valence-corrected chi connectivity index (χ3v) is 9.73. The Balaban J connectivity index is 1.20. The van der Waals surface area contributed by atoms with Crippen LogP contribution < -0.4 is 0 Å².